The summed E-state index contributed by atoms with van der Waals surface area (Å²) in [5.74, 6) is 0. The summed E-state index contributed by atoms with van der Waals surface area (Å²) in [5.41, 5.74) is 7.71. The molecule has 0 amide bonds. The molecule has 1 unspecified atom stereocenters. The minimum absolute atomic E-state index is 0.0240. The second kappa shape index (κ2) is 11.2. The van der Waals surface area contributed by atoms with Crippen molar-refractivity contribution in [2.75, 3.05) is 0 Å². The Morgan fingerprint density at radius 3 is 2.15 bits per heavy atom. The van der Waals surface area contributed by atoms with Gasteiger partial charge in [0.05, 0.1) is 42.3 Å². The number of hydrogen-bond donors (Lipinski definition) is 3. The fourth-order valence-electron chi connectivity index (χ4n) is 4.96. The standard InChI is InChI=1S/C26H32N4O2S/c1-18-6-4-12-27-25(18)23-8-3-9-24(26-19(2)7-5-13-28-26)30(23)16-21-11-10-20(15-29-33-32)14-22(21)17-31/h4-7,10-14,23-24,29,31-32H,3,8-9,15-17H2,1-2H3/t23-,24?/m1/s1. The monoisotopic (exact) mass is 464 g/mol. The molecule has 33 heavy (non-hydrogen) atoms. The van der Waals surface area contributed by atoms with Gasteiger partial charge in [0, 0.05) is 25.5 Å². The molecule has 0 spiro atoms. The zero-order chi connectivity index (χ0) is 23.2. The molecule has 1 fully saturated rings. The number of pyridine rings is 2. The quantitative estimate of drug-likeness (QED) is 0.310. The maximum absolute atomic E-state index is 10.1. The van der Waals surface area contributed by atoms with Gasteiger partial charge in [-0.25, -0.2) is 4.72 Å². The molecule has 0 saturated carbocycles. The summed E-state index contributed by atoms with van der Waals surface area (Å²) in [6.45, 7) is 5.49. The van der Waals surface area contributed by atoms with Gasteiger partial charge in [-0.2, -0.15) is 0 Å². The fourth-order valence-corrected chi connectivity index (χ4v) is 5.19. The third-order valence-electron chi connectivity index (χ3n) is 6.62. The predicted molar refractivity (Wildman–Crippen MR) is 132 cm³/mol. The molecule has 6 nitrogen and oxygen atoms in total. The first-order chi connectivity index (χ1) is 16.1. The Labute approximate surface area is 200 Å². The Kier molecular flexibility index (Phi) is 8.11. The van der Waals surface area contributed by atoms with Crippen LogP contribution in [0.25, 0.3) is 0 Å². The van der Waals surface area contributed by atoms with E-state index in [2.05, 4.69) is 47.7 Å². The van der Waals surface area contributed by atoms with Gasteiger partial charge < -0.3 is 9.66 Å². The molecular weight excluding hydrogens is 432 g/mol. The van der Waals surface area contributed by atoms with Crippen LogP contribution < -0.4 is 4.72 Å². The van der Waals surface area contributed by atoms with Crippen LogP contribution in [0.4, 0.5) is 0 Å². The molecule has 0 bridgehead atoms. The molecule has 3 heterocycles. The van der Waals surface area contributed by atoms with Crippen LogP contribution >= 0.6 is 12.2 Å². The summed E-state index contributed by atoms with van der Waals surface area (Å²) in [4.78, 5) is 12.1. The van der Waals surface area contributed by atoms with Crippen molar-refractivity contribution in [1.82, 2.24) is 19.6 Å². The summed E-state index contributed by atoms with van der Waals surface area (Å²) in [6, 6.07) is 14.8. The van der Waals surface area contributed by atoms with Crippen LogP contribution in [0.3, 0.4) is 0 Å². The number of aliphatic hydroxyl groups is 1. The van der Waals surface area contributed by atoms with E-state index in [9.17, 15) is 5.11 Å². The van der Waals surface area contributed by atoms with E-state index in [1.165, 1.54) is 11.1 Å². The van der Waals surface area contributed by atoms with Gasteiger partial charge in [0.2, 0.25) is 0 Å². The number of likely N-dealkylation sites (tertiary alicyclic amines) is 1. The Morgan fingerprint density at radius 1 is 0.970 bits per heavy atom. The predicted octanol–water partition coefficient (Wildman–Crippen LogP) is 5.27. The van der Waals surface area contributed by atoms with Crippen molar-refractivity contribution < 1.29 is 9.66 Å². The molecule has 3 aromatic rings. The lowest BCUT2D eigenvalue weighted by Gasteiger charge is -2.43. The molecule has 4 rings (SSSR count). The molecule has 174 valence electrons. The first-order valence-electron chi connectivity index (χ1n) is 11.5. The summed E-state index contributed by atoms with van der Waals surface area (Å²) in [6.07, 6.45) is 6.98. The largest absolute Gasteiger partial charge is 0.392 e. The van der Waals surface area contributed by atoms with Gasteiger partial charge in [-0.1, -0.05) is 30.3 Å². The fraction of sp³-hybridized carbons (Fsp3) is 0.385. The maximum Gasteiger partial charge on any atom is 0.0763 e. The molecule has 1 aliphatic rings. The SMILES string of the molecule is Cc1cccnc1C1CCC[C@H](c2ncccc2C)N1Cc1ccc(CNSO)cc1CO. The van der Waals surface area contributed by atoms with Crippen LogP contribution in [0.1, 0.15) is 70.6 Å². The molecule has 2 atom stereocenters. The lowest BCUT2D eigenvalue weighted by atomic mass is 9.88. The number of hydrogen-bond acceptors (Lipinski definition) is 7. The molecule has 2 aromatic heterocycles. The van der Waals surface area contributed by atoms with Crippen molar-refractivity contribution in [3.05, 3.63) is 94.1 Å². The van der Waals surface area contributed by atoms with E-state index in [1.807, 2.05) is 30.6 Å². The highest BCUT2D eigenvalue weighted by molar-refractivity contribution is 7.91. The van der Waals surface area contributed by atoms with Gasteiger partial charge in [-0.3, -0.25) is 14.9 Å². The number of aliphatic hydroxyl groups excluding tert-OH is 1. The Balaban J connectivity index is 1.73. The number of aromatic nitrogens is 2. The molecular formula is C26H32N4O2S. The molecule has 0 aliphatic carbocycles. The third-order valence-corrected chi connectivity index (χ3v) is 6.90. The van der Waals surface area contributed by atoms with Gasteiger partial charge in [0.15, 0.2) is 0 Å². The van der Waals surface area contributed by atoms with Gasteiger partial charge >= 0.3 is 0 Å². The number of piperidine rings is 1. The van der Waals surface area contributed by atoms with Crippen molar-refractivity contribution in [2.24, 2.45) is 0 Å². The number of rotatable bonds is 8. The van der Waals surface area contributed by atoms with Gasteiger partial charge in [-0.05, 0) is 73.1 Å². The Hall–Kier alpha value is -2.29. The van der Waals surface area contributed by atoms with Gasteiger partial charge in [-0.15, -0.1) is 0 Å². The molecule has 1 aromatic carbocycles. The van der Waals surface area contributed by atoms with Crippen molar-refractivity contribution in [3.63, 3.8) is 0 Å². The number of benzene rings is 1. The topological polar surface area (TPSA) is 81.5 Å². The summed E-state index contributed by atoms with van der Waals surface area (Å²) in [7, 11) is 0. The van der Waals surface area contributed by atoms with Gasteiger partial charge in [0.1, 0.15) is 0 Å². The van der Waals surface area contributed by atoms with Crippen LogP contribution in [-0.2, 0) is 19.7 Å². The van der Waals surface area contributed by atoms with Crippen molar-refractivity contribution in [1.29, 1.82) is 0 Å². The highest BCUT2D eigenvalue weighted by Gasteiger charge is 2.35. The van der Waals surface area contributed by atoms with E-state index in [0.29, 0.717) is 25.3 Å². The van der Waals surface area contributed by atoms with Crippen LogP contribution in [0.2, 0.25) is 0 Å². The summed E-state index contributed by atoms with van der Waals surface area (Å²) in [5, 5.41) is 10.1. The highest BCUT2D eigenvalue weighted by atomic mass is 32.2. The van der Waals surface area contributed by atoms with E-state index in [0.717, 1.165) is 47.3 Å². The summed E-state index contributed by atoms with van der Waals surface area (Å²) >= 11 is 0.606. The van der Waals surface area contributed by atoms with E-state index >= 15 is 0 Å². The summed E-state index contributed by atoms with van der Waals surface area (Å²) < 4.78 is 11.8. The molecule has 7 heteroatoms. The minimum Gasteiger partial charge on any atom is -0.392 e. The second-order valence-corrected chi connectivity index (χ2v) is 9.19. The molecule has 1 aliphatic heterocycles. The lowest BCUT2D eigenvalue weighted by Crippen LogP contribution is -2.37. The highest BCUT2D eigenvalue weighted by Crippen LogP contribution is 2.43. The van der Waals surface area contributed by atoms with Crippen molar-refractivity contribution in [2.45, 2.75) is 64.9 Å². The first kappa shape index (κ1) is 23.9. The van der Waals surface area contributed by atoms with Crippen LogP contribution in [-0.4, -0.2) is 24.5 Å². The first-order valence-corrected chi connectivity index (χ1v) is 12.2. The Bertz CT molecular complexity index is 1020. The smallest absolute Gasteiger partial charge is 0.0763 e. The maximum atomic E-state index is 10.1. The van der Waals surface area contributed by atoms with E-state index in [1.54, 1.807) is 0 Å². The van der Waals surface area contributed by atoms with Gasteiger partial charge in [0.25, 0.3) is 0 Å². The van der Waals surface area contributed by atoms with E-state index in [4.69, 9.17) is 14.5 Å². The number of nitrogens with zero attached hydrogens (tertiary/aromatic N) is 3. The second-order valence-electron chi connectivity index (χ2n) is 8.72. The van der Waals surface area contributed by atoms with E-state index in [-0.39, 0.29) is 18.7 Å². The van der Waals surface area contributed by atoms with Crippen molar-refractivity contribution in [3.8, 4) is 0 Å². The zero-order valence-electron chi connectivity index (χ0n) is 19.2. The molecule has 0 radical (unpaired) electrons. The average Bonchev–Trinajstić information content (AvgIpc) is 2.84. The molecule has 1 saturated heterocycles. The third kappa shape index (κ3) is 5.45. The molecule has 3 N–H and O–H groups in total. The minimum atomic E-state index is -0.0240. The average molecular weight is 465 g/mol. The lowest BCUT2D eigenvalue weighted by molar-refractivity contribution is 0.0672. The van der Waals surface area contributed by atoms with Crippen molar-refractivity contribution >= 4 is 12.2 Å². The normalized spacial score (nSPS) is 19.0. The zero-order valence-corrected chi connectivity index (χ0v) is 20.1. The number of nitrogens with one attached hydrogen (secondary N) is 1. The van der Waals surface area contributed by atoms with E-state index < -0.39 is 0 Å². The number of aryl methyl sites for hydroxylation is 2. The Morgan fingerprint density at radius 2 is 1.61 bits per heavy atom. The van der Waals surface area contributed by atoms with Crippen LogP contribution in [0.15, 0.2) is 54.9 Å². The van der Waals surface area contributed by atoms with Crippen LogP contribution in [0.5, 0.6) is 0 Å². The van der Waals surface area contributed by atoms with Crippen LogP contribution in [0, 0.1) is 13.8 Å².